The van der Waals surface area contributed by atoms with Crippen LogP contribution in [0.4, 0.5) is 0 Å². The molecule has 1 fully saturated rings. The molecule has 0 saturated heterocycles. The van der Waals surface area contributed by atoms with Crippen molar-refractivity contribution in [2.24, 2.45) is 11.8 Å². The van der Waals surface area contributed by atoms with Crippen LogP contribution in [0.1, 0.15) is 33.1 Å². The number of carbonyl (C=O) groups excluding carboxylic acids is 1. The molecular formula is C11H18O2. The Kier molecular flexibility index (Phi) is 3.52. The first kappa shape index (κ1) is 10.3. The lowest BCUT2D eigenvalue weighted by Gasteiger charge is -2.33. The van der Waals surface area contributed by atoms with Gasteiger partial charge in [0.15, 0.2) is 0 Å². The van der Waals surface area contributed by atoms with Crippen LogP contribution in [0.3, 0.4) is 0 Å². The summed E-state index contributed by atoms with van der Waals surface area (Å²) in [7, 11) is 0. The van der Waals surface area contributed by atoms with Crippen molar-refractivity contribution in [2.75, 3.05) is 0 Å². The van der Waals surface area contributed by atoms with E-state index in [1.807, 2.05) is 6.92 Å². The lowest BCUT2D eigenvalue weighted by atomic mass is 9.78. The first-order chi connectivity index (χ1) is 6.15. The molecule has 1 saturated carbocycles. The topological polar surface area (TPSA) is 26.3 Å². The van der Waals surface area contributed by atoms with Gasteiger partial charge in [-0.1, -0.05) is 19.1 Å². The second kappa shape index (κ2) is 4.45. The van der Waals surface area contributed by atoms with Gasteiger partial charge in [0.1, 0.15) is 6.10 Å². The normalized spacial score (nSPS) is 33.8. The molecule has 2 heteroatoms. The van der Waals surface area contributed by atoms with Crippen molar-refractivity contribution >= 4 is 6.47 Å². The standard InChI is InChI=1S/C11H18O2/c1-8(2)10-5-4-9(3)6-11(10)13-7-12/h7,9-11H,1,4-6H2,2-3H3/t9-,10+,11-/m1/s1. The summed E-state index contributed by atoms with van der Waals surface area (Å²) in [5, 5.41) is 0. The fourth-order valence-corrected chi connectivity index (χ4v) is 2.11. The summed E-state index contributed by atoms with van der Waals surface area (Å²) in [5.41, 5.74) is 1.14. The van der Waals surface area contributed by atoms with E-state index in [0.717, 1.165) is 18.4 Å². The van der Waals surface area contributed by atoms with Gasteiger partial charge in [0.05, 0.1) is 0 Å². The van der Waals surface area contributed by atoms with Crippen molar-refractivity contribution in [2.45, 2.75) is 39.2 Å². The molecule has 3 atom stereocenters. The highest BCUT2D eigenvalue weighted by Crippen LogP contribution is 2.34. The van der Waals surface area contributed by atoms with Crippen LogP contribution in [0.2, 0.25) is 0 Å². The molecule has 0 aromatic heterocycles. The first-order valence-corrected chi connectivity index (χ1v) is 4.89. The van der Waals surface area contributed by atoms with E-state index < -0.39 is 0 Å². The third-order valence-corrected chi connectivity index (χ3v) is 2.92. The van der Waals surface area contributed by atoms with Crippen LogP contribution in [-0.4, -0.2) is 12.6 Å². The molecule has 0 bridgehead atoms. The molecule has 0 aromatic rings. The van der Waals surface area contributed by atoms with Crippen molar-refractivity contribution < 1.29 is 9.53 Å². The van der Waals surface area contributed by atoms with E-state index in [1.165, 1.54) is 6.42 Å². The molecule has 0 unspecified atom stereocenters. The Morgan fingerprint density at radius 3 is 2.77 bits per heavy atom. The van der Waals surface area contributed by atoms with Gasteiger partial charge < -0.3 is 4.74 Å². The maximum Gasteiger partial charge on any atom is 0.293 e. The van der Waals surface area contributed by atoms with E-state index in [4.69, 9.17) is 4.74 Å². The summed E-state index contributed by atoms with van der Waals surface area (Å²) in [6.45, 7) is 8.73. The second-order valence-corrected chi connectivity index (χ2v) is 4.14. The summed E-state index contributed by atoms with van der Waals surface area (Å²) in [4.78, 5) is 10.3. The zero-order valence-corrected chi connectivity index (χ0v) is 8.45. The van der Waals surface area contributed by atoms with Crippen LogP contribution in [0.25, 0.3) is 0 Å². The maximum atomic E-state index is 10.3. The van der Waals surface area contributed by atoms with Crippen LogP contribution in [0.15, 0.2) is 12.2 Å². The zero-order valence-electron chi connectivity index (χ0n) is 8.45. The molecule has 0 N–H and O–H groups in total. The Morgan fingerprint density at radius 1 is 1.54 bits per heavy atom. The van der Waals surface area contributed by atoms with Crippen molar-refractivity contribution in [3.63, 3.8) is 0 Å². The van der Waals surface area contributed by atoms with Gasteiger partial charge in [-0.25, -0.2) is 0 Å². The zero-order chi connectivity index (χ0) is 9.84. The fraction of sp³-hybridized carbons (Fsp3) is 0.727. The minimum atomic E-state index is 0.0683. The minimum absolute atomic E-state index is 0.0683. The number of hydrogen-bond acceptors (Lipinski definition) is 2. The van der Waals surface area contributed by atoms with Gasteiger partial charge in [0.25, 0.3) is 6.47 Å². The van der Waals surface area contributed by atoms with Crippen LogP contribution < -0.4 is 0 Å². The van der Waals surface area contributed by atoms with E-state index in [9.17, 15) is 4.79 Å². The van der Waals surface area contributed by atoms with Crippen LogP contribution in [0, 0.1) is 11.8 Å². The van der Waals surface area contributed by atoms with Gasteiger partial charge in [-0.05, 0) is 32.1 Å². The lowest BCUT2D eigenvalue weighted by Crippen LogP contribution is -2.31. The van der Waals surface area contributed by atoms with Crippen molar-refractivity contribution in [3.05, 3.63) is 12.2 Å². The Hall–Kier alpha value is -0.790. The van der Waals surface area contributed by atoms with Crippen LogP contribution in [-0.2, 0) is 9.53 Å². The summed E-state index contributed by atoms with van der Waals surface area (Å²) in [6.07, 6.45) is 3.38. The largest absolute Gasteiger partial charge is 0.464 e. The average molecular weight is 182 g/mol. The highest BCUT2D eigenvalue weighted by atomic mass is 16.5. The molecule has 1 rings (SSSR count). The van der Waals surface area contributed by atoms with Crippen molar-refractivity contribution in [1.82, 2.24) is 0 Å². The maximum absolute atomic E-state index is 10.3. The molecule has 0 radical (unpaired) electrons. The van der Waals surface area contributed by atoms with Gasteiger partial charge in [0, 0.05) is 5.92 Å². The second-order valence-electron chi connectivity index (χ2n) is 4.14. The molecule has 0 aromatic carbocycles. The van der Waals surface area contributed by atoms with E-state index in [2.05, 4.69) is 13.5 Å². The molecule has 1 aliphatic carbocycles. The molecule has 13 heavy (non-hydrogen) atoms. The molecule has 0 heterocycles. The quantitative estimate of drug-likeness (QED) is 0.495. The molecule has 1 aliphatic rings. The van der Waals surface area contributed by atoms with Gasteiger partial charge >= 0.3 is 0 Å². The predicted octanol–water partition coefficient (Wildman–Crippen LogP) is 2.54. The predicted molar refractivity (Wildman–Crippen MR) is 52.3 cm³/mol. The number of ether oxygens (including phenoxy) is 1. The van der Waals surface area contributed by atoms with E-state index >= 15 is 0 Å². The number of rotatable bonds is 3. The summed E-state index contributed by atoms with van der Waals surface area (Å²) >= 11 is 0. The minimum Gasteiger partial charge on any atom is -0.464 e. The monoisotopic (exact) mass is 182 g/mol. The van der Waals surface area contributed by atoms with Gasteiger partial charge in [-0.2, -0.15) is 0 Å². The molecule has 0 amide bonds. The molecule has 0 aliphatic heterocycles. The third kappa shape index (κ3) is 2.58. The van der Waals surface area contributed by atoms with Crippen molar-refractivity contribution in [3.8, 4) is 0 Å². The van der Waals surface area contributed by atoms with Crippen LogP contribution in [0.5, 0.6) is 0 Å². The van der Waals surface area contributed by atoms with E-state index in [-0.39, 0.29) is 6.10 Å². The van der Waals surface area contributed by atoms with Gasteiger partial charge in [-0.3, -0.25) is 4.79 Å². The first-order valence-electron chi connectivity index (χ1n) is 4.89. The summed E-state index contributed by atoms with van der Waals surface area (Å²) in [6, 6.07) is 0. The number of carbonyl (C=O) groups is 1. The Balaban J connectivity index is 2.59. The van der Waals surface area contributed by atoms with E-state index in [0.29, 0.717) is 18.3 Å². The summed E-state index contributed by atoms with van der Waals surface area (Å²) < 4.78 is 5.09. The van der Waals surface area contributed by atoms with Crippen molar-refractivity contribution in [1.29, 1.82) is 0 Å². The smallest absolute Gasteiger partial charge is 0.293 e. The molecule has 74 valence electrons. The average Bonchev–Trinajstić information content (AvgIpc) is 2.04. The van der Waals surface area contributed by atoms with Gasteiger partial charge in [0.2, 0.25) is 0 Å². The highest BCUT2D eigenvalue weighted by molar-refractivity contribution is 5.37. The molecular weight excluding hydrogens is 164 g/mol. The molecule has 2 nitrogen and oxygen atoms in total. The lowest BCUT2D eigenvalue weighted by molar-refractivity contribution is -0.137. The fourth-order valence-electron chi connectivity index (χ4n) is 2.11. The van der Waals surface area contributed by atoms with Crippen LogP contribution >= 0.6 is 0 Å². The highest BCUT2D eigenvalue weighted by Gasteiger charge is 2.30. The number of hydrogen-bond donors (Lipinski definition) is 0. The SMILES string of the molecule is C=C(C)[C@@H]1CC[C@@H](C)C[C@H]1OC=O. The Morgan fingerprint density at radius 2 is 2.23 bits per heavy atom. The van der Waals surface area contributed by atoms with E-state index in [1.54, 1.807) is 0 Å². The Bertz CT molecular complexity index is 198. The summed E-state index contributed by atoms with van der Waals surface area (Å²) in [5.74, 6) is 1.04. The Labute approximate surface area is 80.0 Å². The van der Waals surface area contributed by atoms with Gasteiger partial charge in [-0.15, -0.1) is 0 Å². The third-order valence-electron chi connectivity index (χ3n) is 2.92. The molecule has 0 spiro atoms.